The van der Waals surface area contributed by atoms with E-state index in [0.717, 1.165) is 16.5 Å². The Kier molecular flexibility index (Phi) is 2.86. The summed E-state index contributed by atoms with van der Waals surface area (Å²) in [7, 11) is 0. The van der Waals surface area contributed by atoms with E-state index in [4.69, 9.17) is 11.6 Å². The van der Waals surface area contributed by atoms with Crippen LogP contribution in [0.3, 0.4) is 0 Å². The number of aromatic nitrogens is 1. The fourth-order valence-electron chi connectivity index (χ4n) is 1.91. The molecule has 0 radical (unpaired) electrons. The van der Waals surface area contributed by atoms with Gasteiger partial charge in [-0.05, 0) is 35.6 Å². The first-order valence-corrected chi connectivity index (χ1v) is 5.94. The number of benzene rings is 1. The van der Waals surface area contributed by atoms with Gasteiger partial charge in [0.05, 0.1) is 5.52 Å². The molecule has 1 heterocycles. The number of fused-ring (bicyclic) bond motifs is 1. The maximum atomic E-state index is 13.3. The number of halogens is 2. The second-order valence-corrected chi connectivity index (χ2v) is 5.72. The van der Waals surface area contributed by atoms with Crippen molar-refractivity contribution < 1.29 is 4.39 Å². The normalized spacial score (nSPS) is 12.1. The fourth-order valence-corrected chi connectivity index (χ4v) is 2.34. The maximum absolute atomic E-state index is 13.3. The van der Waals surface area contributed by atoms with Crippen molar-refractivity contribution in [3.63, 3.8) is 0 Å². The van der Waals surface area contributed by atoms with Gasteiger partial charge >= 0.3 is 0 Å². The van der Waals surface area contributed by atoms with Crippen molar-refractivity contribution in [2.75, 3.05) is 0 Å². The largest absolute Gasteiger partial charge is 0.236 e. The zero-order valence-electron chi connectivity index (χ0n) is 10.4. The van der Waals surface area contributed by atoms with Gasteiger partial charge in [0.15, 0.2) is 0 Å². The van der Waals surface area contributed by atoms with Crippen LogP contribution in [0.15, 0.2) is 18.2 Å². The van der Waals surface area contributed by atoms with E-state index in [1.165, 1.54) is 12.1 Å². The molecule has 3 heteroatoms. The van der Waals surface area contributed by atoms with Crippen molar-refractivity contribution in [1.29, 1.82) is 0 Å². The highest BCUT2D eigenvalue weighted by Crippen LogP contribution is 2.32. The molecule has 0 aliphatic carbocycles. The molecule has 0 atom stereocenters. The molecule has 0 aliphatic rings. The van der Waals surface area contributed by atoms with Crippen LogP contribution in [0.25, 0.3) is 10.9 Å². The van der Waals surface area contributed by atoms with Crippen LogP contribution < -0.4 is 0 Å². The zero-order valence-corrected chi connectivity index (χ0v) is 11.2. The molecule has 2 aromatic rings. The maximum Gasteiger partial charge on any atom is 0.133 e. The van der Waals surface area contributed by atoms with Gasteiger partial charge in [0.2, 0.25) is 0 Å². The third-order valence-electron chi connectivity index (χ3n) is 2.87. The second-order valence-electron chi connectivity index (χ2n) is 5.37. The summed E-state index contributed by atoms with van der Waals surface area (Å²) in [5.74, 6) is -0.276. The summed E-state index contributed by atoms with van der Waals surface area (Å²) in [5, 5.41) is 1.41. The van der Waals surface area contributed by atoms with Crippen molar-refractivity contribution in [2.45, 2.75) is 33.1 Å². The Morgan fingerprint density at radius 1 is 1.18 bits per heavy atom. The number of pyridine rings is 1. The molecule has 0 unspecified atom stereocenters. The Bertz CT molecular complexity index is 585. The highest BCUT2D eigenvalue weighted by Gasteiger charge is 2.19. The van der Waals surface area contributed by atoms with Gasteiger partial charge in [0.1, 0.15) is 11.0 Å². The van der Waals surface area contributed by atoms with E-state index in [-0.39, 0.29) is 11.2 Å². The molecule has 0 N–H and O–H groups in total. The van der Waals surface area contributed by atoms with Gasteiger partial charge in [-0.15, -0.1) is 0 Å². The van der Waals surface area contributed by atoms with Gasteiger partial charge in [-0.2, -0.15) is 0 Å². The van der Waals surface area contributed by atoms with Crippen molar-refractivity contribution >= 4 is 22.5 Å². The molecule has 0 spiro atoms. The Hall–Kier alpha value is -1.15. The molecule has 2 rings (SSSR count). The molecule has 0 saturated heterocycles. The highest BCUT2D eigenvalue weighted by molar-refractivity contribution is 6.30. The summed E-state index contributed by atoms with van der Waals surface area (Å²) in [6.07, 6.45) is 0. The monoisotopic (exact) mass is 251 g/mol. The second kappa shape index (κ2) is 3.95. The summed E-state index contributed by atoms with van der Waals surface area (Å²) < 4.78 is 13.3. The number of hydrogen-bond acceptors (Lipinski definition) is 1. The Morgan fingerprint density at radius 3 is 2.41 bits per heavy atom. The lowest BCUT2D eigenvalue weighted by Gasteiger charge is -2.20. The smallest absolute Gasteiger partial charge is 0.133 e. The van der Waals surface area contributed by atoms with Crippen molar-refractivity contribution in [3.8, 4) is 0 Å². The Balaban J connectivity index is 2.81. The van der Waals surface area contributed by atoms with Crippen LogP contribution in [0.5, 0.6) is 0 Å². The van der Waals surface area contributed by atoms with Crippen molar-refractivity contribution in [1.82, 2.24) is 4.98 Å². The van der Waals surface area contributed by atoms with Crippen LogP contribution in [-0.4, -0.2) is 4.98 Å². The minimum absolute atomic E-state index is 0.0703. The molecule has 0 fully saturated rings. The average Bonchev–Trinajstić information content (AvgIpc) is 2.13. The molecule has 0 bridgehead atoms. The van der Waals surface area contributed by atoms with E-state index in [1.54, 1.807) is 0 Å². The third-order valence-corrected chi connectivity index (χ3v) is 3.16. The molecule has 0 saturated carbocycles. The molecule has 0 amide bonds. The predicted molar refractivity (Wildman–Crippen MR) is 70.1 cm³/mol. The summed E-state index contributed by atoms with van der Waals surface area (Å²) in [5.41, 5.74) is 2.41. The van der Waals surface area contributed by atoms with E-state index in [1.807, 2.05) is 13.0 Å². The highest BCUT2D eigenvalue weighted by atomic mass is 35.5. The van der Waals surface area contributed by atoms with Gasteiger partial charge in [-0.3, -0.25) is 0 Å². The first-order chi connectivity index (χ1) is 7.79. The first kappa shape index (κ1) is 12.3. The summed E-state index contributed by atoms with van der Waals surface area (Å²) in [4.78, 5) is 4.29. The lowest BCUT2D eigenvalue weighted by molar-refractivity contribution is 0.589. The first-order valence-electron chi connectivity index (χ1n) is 5.56. The van der Waals surface area contributed by atoms with Crippen LogP contribution >= 0.6 is 11.6 Å². The predicted octanol–water partition coefficient (Wildman–Crippen LogP) is 4.63. The Morgan fingerprint density at radius 2 is 1.82 bits per heavy atom. The SMILES string of the molecule is Cc1cc(F)cc2nc(Cl)c(C(C)(C)C)cc12. The van der Waals surface area contributed by atoms with Crippen LogP contribution in [0.2, 0.25) is 5.15 Å². The number of rotatable bonds is 0. The van der Waals surface area contributed by atoms with E-state index in [9.17, 15) is 4.39 Å². The number of hydrogen-bond donors (Lipinski definition) is 0. The van der Waals surface area contributed by atoms with E-state index >= 15 is 0 Å². The molecule has 90 valence electrons. The lowest BCUT2D eigenvalue weighted by Crippen LogP contribution is -2.12. The lowest BCUT2D eigenvalue weighted by atomic mass is 9.87. The summed E-state index contributed by atoms with van der Waals surface area (Å²) in [6.45, 7) is 8.13. The molecular weight excluding hydrogens is 237 g/mol. The minimum Gasteiger partial charge on any atom is -0.236 e. The van der Waals surface area contributed by atoms with Crippen LogP contribution in [0.4, 0.5) is 4.39 Å². The zero-order chi connectivity index (χ0) is 12.8. The van der Waals surface area contributed by atoms with Gasteiger partial charge in [0.25, 0.3) is 0 Å². The van der Waals surface area contributed by atoms with Gasteiger partial charge in [-0.1, -0.05) is 32.4 Å². The Labute approximate surface area is 106 Å². The van der Waals surface area contributed by atoms with Crippen molar-refractivity contribution in [2.24, 2.45) is 0 Å². The molecule has 0 aliphatic heterocycles. The van der Waals surface area contributed by atoms with E-state index < -0.39 is 0 Å². The quantitative estimate of drug-likeness (QED) is 0.622. The number of aryl methyl sites for hydroxylation is 1. The molecule has 17 heavy (non-hydrogen) atoms. The van der Waals surface area contributed by atoms with E-state index in [0.29, 0.717) is 10.7 Å². The summed E-state index contributed by atoms with van der Waals surface area (Å²) in [6, 6.07) is 4.95. The third kappa shape index (κ3) is 2.27. The molecular formula is C14H15ClFN. The average molecular weight is 252 g/mol. The van der Waals surface area contributed by atoms with Gasteiger partial charge in [-0.25, -0.2) is 9.37 Å². The molecule has 1 aromatic heterocycles. The number of nitrogens with zero attached hydrogens (tertiary/aromatic N) is 1. The van der Waals surface area contributed by atoms with Crippen LogP contribution in [-0.2, 0) is 5.41 Å². The van der Waals surface area contributed by atoms with E-state index in [2.05, 4.69) is 25.8 Å². The van der Waals surface area contributed by atoms with Crippen LogP contribution in [0.1, 0.15) is 31.9 Å². The van der Waals surface area contributed by atoms with Gasteiger partial charge in [0, 0.05) is 11.5 Å². The van der Waals surface area contributed by atoms with Crippen LogP contribution in [0, 0.1) is 12.7 Å². The fraction of sp³-hybridized carbons (Fsp3) is 0.357. The molecule has 1 nitrogen and oxygen atoms in total. The summed E-state index contributed by atoms with van der Waals surface area (Å²) >= 11 is 6.16. The van der Waals surface area contributed by atoms with Crippen molar-refractivity contribution in [3.05, 3.63) is 40.3 Å². The minimum atomic E-state index is -0.276. The molecule has 1 aromatic carbocycles. The van der Waals surface area contributed by atoms with Gasteiger partial charge < -0.3 is 0 Å². The standard InChI is InChI=1S/C14H15ClFN/c1-8-5-9(16)6-12-10(8)7-11(13(15)17-12)14(2,3)4/h5-7H,1-4H3. The topological polar surface area (TPSA) is 12.9 Å².